The summed E-state index contributed by atoms with van der Waals surface area (Å²) in [6.07, 6.45) is 0.00688. The highest BCUT2D eigenvalue weighted by atomic mass is 16.5. The summed E-state index contributed by atoms with van der Waals surface area (Å²) in [4.78, 5) is 25.1. The van der Waals surface area contributed by atoms with Crippen molar-refractivity contribution in [3.05, 3.63) is 23.8 Å². The molecular weight excluding hydrogens is 286 g/mol. The van der Waals surface area contributed by atoms with E-state index in [9.17, 15) is 9.59 Å². The maximum atomic E-state index is 12.0. The summed E-state index contributed by atoms with van der Waals surface area (Å²) in [7, 11) is 3.17. The monoisotopic (exact) mass is 307 g/mol. The average Bonchev–Trinajstić information content (AvgIpc) is 2.50. The number of methoxy groups -OCH3 is 2. The second kappa shape index (κ2) is 7.13. The zero-order valence-corrected chi connectivity index (χ0v) is 12.8. The second-order valence-corrected chi connectivity index (χ2v) is 5.17. The van der Waals surface area contributed by atoms with Crippen LogP contribution < -0.4 is 20.5 Å². The Labute approximate surface area is 129 Å². The molecule has 120 valence electrons. The second-order valence-electron chi connectivity index (χ2n) is 5.17. The molecule has 1 aliphatic heterocycles. The number of nitrogens with zero attached hydrogens (tertiary/aromatic N) is 1. The van der Waals surface area contributed by atoms with Crippen LogP contribution in [0.5, 0.6) is 11.5 Å². The highest BCUT2D eigenvalue weighted by Crippen LogP contribution is 2.24. The lowest BCUT2D eigenvalue weighted by molar-refractivity contribution is -0.133. The Kier molecular flexibility index (Phi) is 5.21. The molecule has 0 unspecified atom stereocenters. The highest BCUT2D eigenvalue weighted by molar-refractivity contribution is 5.88. The van der Waals surface area contributed by atoms with Crippen molar-refractivity contribution in [3.63, 3.8) is 0 Å². The summed E-state index contributed by atoms with van der Waals surface area (Å²) in [5.74, 6) is 0.708. The molecule has 3 N–H and O–H groups in total. The molecule has 1 saturated heterocycles. The minimum atomic E-state index is -0.538. The largest absolute Gasteiger partial charge is 0.497 e. The van der Waals surface area contributed by atoms with Crippen molar-refractivity contribution in [1.29, 1.82) is 0 Å². The molecule has 0 bridgehead atoms. The van der Waals surface area contributed by atoms with E-state index in [-0.39, 0.29) is 12.3 Å². The molecule has 22 heavy (non-hydrogen) atoms. The van der Waals surface area contributed by atoms with Gasteiger partial charge in [0.2, 0.25) is 11.8 Å². The third-order valence-corrected chi connectivity index (χ3v) is 3.63. The Bertz CT molecular complexity index is 539. The normalized spacial score (nSPS) is 18.6. The van der Waals surface area contributed by atoms with Crippen LogP contribution in [0.4, 0.5) is 0 Å². The predicted octanol–water partition coefficient (Wildman–Crippen LogP) is -0.120. The molecule has 1 aromatic carbocycles. The first kappa shape index (κ1) is 16.1. The van der Waals surface area contributed by atoms with Crippen molar-refractivity contribution < 1.29 is 19.1 Å². The van der Waals surface area contributed by atoms with Crippen LogP contribution in [-0.4, -0.2) is 50.1 Å². The minimum absolute atomic E-state index is 0.00688. The van der Waals surface area contributed by atoms with E-state index in [0.717, 1.165) is 5.56 Å². The standard InChI is InChI=1S/C15H21N3O4/c1-21-11-5-10(6-12(7-11)22-2)9-18-4-3-17-15(20)13(18)8-14(16)19/h5-7,13H,3-4,8-9H2,1-2H3,(H2,16,19)(H,17,20)/t13-/m1/s1. The number of nitrogens with one attached hydrogen (secondary N) is 1. The van der Waals surface area contributed by atoms with Gasteiger partial charge in [0.05, 0.1) is 26.7 Å². The van der Waals surface area contributed by atoms with Gasteiger partial charge in [-0.15, -0.1) is 0 Å². The zero-order chi connectivity index (χ0) is 16.1. The van der Waals surface area contributed by atoms with E-state index < -0.39 is 11.9 Å². The number of carbonyl (C=O) groups is 2. The summed E-state index contributed by atoms with van der Waals surface area (Å²) in [6, 6.07) is 5.02. The van der Waals surface area contributed by atoms with Gasteiger partial charge in [0.15, 0.2) is 0 Å². The molecule has 0 aromatic heterocycles. The van der Waals surface area contributed by atoms with Gasteiger partial charge in [-0.2, -0.15) is 0 Å². The fourth-order valence-corrected chi connectivity index (χ4v) is 2.56. The van der Waals surface area contributed by atoms with Crippen LogP contribution in [0.15, 0.2) is 18.2 Å². The van der Waals surface area contributed by atoms with E-state index in [0.29, 0.717) is 31.1 Å². The molecule has 0 spiro atoms. The summed E-state index contributed by atoms with van der Waals surface area (Å²) >= 11 is 0. The van der Waals surface area contributed by atoms with Crippen LogP contribution >= 0.6 is 0 Å². The molecule has 7 nitrogen and oxygen atoms in total. The van der Waals surface area contributed by atoms with E-state index in [4.69, 9.17) is 15.2 Å². The number of rotatable bonds is 6. The number of hydrogen-bond acceptors (Lipinski definition) is 5. The summed E-state index contributed by atoms with van der Waals surface area (Å²) < 4.78 is 10.5. The predicted molar refractivity (Wildman–Crippen MR) is 80.6 cm³/mol. The van der Waals surface area contributed by atoms with Crippen LogP contribution in [0.1, 0.15) is 12.0 Å². The smallest absolute Gasteiger partial charge is 0.237 e. The van der Waals surface area contributed by atoms with Crippen molar-refractivity contribution in [3.8, 4) is 11.5 Å². The van der Waals surface area contributed by atoms with Crippen molar-refractivity contribution in [2.75, 3.05) is 27.3 Å². The number of piperazine rings is 1. The van der Waals surface area contributed by atoms with Crippen molar-refractivity contribution in [2.45, 2.75) is 19.0 Å². The number of benzene rings is 1. The fraction of sp³-hybridized carbons (Fsp3) is 0.467. The summed E-state index contributed by atoms with van der Waals surface area (Å²) in [5, 5.41) is 2.76. The van der Waals surface area contributed by atoms with Gasteiger partial charge >= 0.3 is 0 Å². The highest BCUT2D eigenvalue weighted by Gasteiger charge is 2.31. The Balaban J connectivity index is 2.19. The molecule has 7 heteroatoms. The number of nitrogens with two attached hydrogens (primary N) is 1. The van der Waals surface area contributed by atoms with Gasteiger partial charge in [-0.1, -0.05) is 0 Å². The van der Waals surface area contributed by atoms with Gasteiger partial charge in [-0.25, -0.2) is 0 Å². The molecule has 0 aliphatic carbocycles. The molecule has 1 fully saturated rings. The number of amides is 2. The molecular formula is C15H21N3O4. The maximum absolute atomic E-state index is 12.0. The molecule has 1 aromatic rings. The lowest BCUT2D eigenvalue weighted by atomic mass is 10.1. The quantitative estimate of drug-likeness (QED) is 0.764. The van der Waals surface area contributed by atoms with E-state index in [1.807, 2.05) is 17.0 Å². The Morgan fingerprint density at radius 2 is 1.95 bits per heavy atom. The third-order valence-electron chi connectivity index (χ3n) is 3.63. The number of ether oxygens (including phenoxy) is 2. The SMILES string of the molecule is COc1cc(CN2CCNC(=O)[C@H]2CC(N)=O)cc(OC)c1. The van der Waals surface area contributed by atoms with Gasteiger partial charge in [0.1, 0.15) is 11.5 Å². The van der Waals surface area contributed by atoms with E-state index in [2.05, 4.69) is 5.32 Å². The van der Waals surface area contributed by atoms with Crippen LogP contribution in [0.3, 0.4) is 0 Å². The maximum Gasteiger partial charge on any atom is 0.237 e. The zero-order valence-electron chi connectivity index (χ0n) is 12.8. The lowest BCUT2D eigenvalue weighted by Gasteiger charge is -2.34. The minimum Gasteiger partial charge on any atom is -0.497 e. The third kappa shape index (κ3) is 3.88. The molecule has 2 amide bonds. The number of carbonyl (C=O) groups excluding carboxylic acids is 2. The lowest BCUT2D eigenvalue weighted by Crippen LogP contribution is -2.55. The van der Waals surface area contributed by atoms with Crippen LogP contribution in [-0.2, 0) is 16.1 Å². The first-order chi connectivity index (χ1) is 10.5. The Hall–Kier alpha value is -2.28. The molecule has 0 radical (unpaired) electrons. The molecule has 0 saturated carbocycles. The van der Waals surface area contributed by atoms with E-state index in [1.165, 1.54) is 0 Å². The molecule has 2 rings (SSSR count). The first-order valence-corrected chi connectivity index (χ1v) is 7.05. The Morgan fingerprint density at radius 1 is 1.32 bits per heavy atom. The van der Waals surface area contributed by atoms with Gasteiger partial charge in [-0.3, -0.25) is 14.5 Å². The van der Waals surface area contributed by atoms with Crippen molar-refractivity contribution in [2.24, 2.45) is 5.73 Å². The fourth-order valence-electron chi connectivity index (χ4n) is 2.56. The van der Waals surface area contributed by atoms with Crippen molar-refractivity contribution in [1.82, 2.24) is 10.2 Å². The Morgan fingerprint density at radius 3 is 2.50 bits per heavy atom. The van der Waals surface area contributed by atoms with Gasteiger partial charge < -0.3 is 20.5 Å². The summed E-state index contributed by atoms with van der Waals surface area (Å²) in [6.45, 7) is 1.72. The van der Waals surface area contributed by atoms with Gasteiger partial charge in [-0.05, 0) is 17.7 Å². The summed E-state index contributed by atoms with van der Waals surface area (Å²) in [5.41, 5.74) is 6.19. The van der Waals surface area contributed by atoms with Crippen LogP contribution in [0, 0.1) is 0 Å². The molecule has 1 atom stereocenters. The topological polar surface area (TPSA) is 93.9 Å². The number of primary amides is 1. The van der Waals surface area contributed by atoms with Gasteiger partial charge in [0, 0.05) is 25.7 Å². The van der Waals surface area contributed by atoms with E-state index in [1.54, 1.807) is 20.3 Å². The van der Waals surface area contributed by atoms with Gasteiger partial charge in [0.25, 0.3) is 0 Å². The van der Waals surface area contributed by atoms with Crippen molar-refractivity contribution >= 4 is 11.8 Å². The van der Waals surface area contributed by atoms with E-state index >= 15 is 0 Å². The molecule has 1 aliphatic rings. The van der Waals surface area contributed by atoms with Crippen LogP contribution in [0.25, 0.3) is 0 Å². The van der Waals surface area contributed by atoms with Crippen LogP contribution in [0.2, 0.25) is 0 Å². The average molecular weight is 307 g/mol. The first-order valence-electron chi connectivity index (χ1n) is 7.05. The number of hydrogen-bond donors (Lipinski definition) is 2. The molecule has 1 heterocycles.